The van der Waals surface area contributed by atoms with E-state index < -0.39 is 6.10 Å². The van der Waals surface area contributed by atoms with Gasteiger partial charge in [-0.15, -0.1) is 0 Å². The molecular formula is C24H24BrFN4O2. The van der Waals surface area contributed by atoms with Crippen molar-refractivity contribution in [3.05, 3.63) is 81.6 Å². The number of ether oxygens (including phenoxy) is 1. The van der Waals surface area contributed by atoms with Crippen molar-refractivity contribution in [2.45, 2.75) is 46.8 Å². The lowest BCUT2D eigenvalue weighted by molar-refractivity contribution is 0.224. The van der Waals surface area contributed by atoms with Gasteiger partial charge in [-0.2, -0.15) is 5.10 Å². The molecule has 3 aromatic heterocycles. The van der Waals surface area contributed by atoms with Crippen molar-refractivity contribution >= 4 is 15.9 Å². The number of hydrogen-bond donors (Lipinski definition) is 0. The molecule has 1 unspecified atom stereocenters. The number of hydrogen-bond acceptors (Lipinski definition) is 5. The first-order valence-corrected chi connectivity index (χ1v) is 11.2. The Morgan fingerprint density at radius 2 is 2.03 bits per heavy atom. The first-order chi connectivity index (χ1) is 15.3. The molecular weight excluding hydrogens is 475 g/mol. The Kier molecular flexibility index (Phi) is 6.41. The summed E-state index contributed by atoms with van der Waals surface area (Å²) >= 11 is 3.42. The van der Waals surface area contributed by atoms with Crippen LogP contribution in [0.2, 0.25) is 0 Å². The quantitative estimate of drug-likeness (QED) is 0.303. The van der Waals surface area contributed by atoms with Gasteiger partial charge in [-0.3, -0.25) is 9.67 Å². The summed E-state index contributed by atoms with van der Waals surface area (Å²) < 4.78 is 29.1. The molecule has 6 nitrogen and oxygen atoms in total. The van der Waals surface area contributed by atoms with Gasteiger partial charge in [0.05, 0.1) is 17.6 Å². The molecule has 0 bridgehead atoms. The molecule has 4 aromatic rings. The summed E-state index contributed by atoms with van der Waals surface area (Å²) in [5.41, 5.74) is 3.98. The van der Waals surface area contributed by atoms with Gasteiger partial charge in [0.15, 0.2) is 11.7 Å². The van der Waals surface area contributed by atoms with Gasteiger partial charge in [0.25, 0.3) is 0 Å². The third-order valence-corrected chi connectivity index (χ3v) is 5.63. The smallest absolute Gasteiger partial charge is 0.192 e. The molecule has 0 aliphatic heterocycles. The number of aryl methyl sites for hydroxylation is 3. The lowest BCUT2D eigenvalue weighted by Gasteiger charge is -2.19. The molecule has 0 amide bonds. The summed E-state index contributed by atoms with van der Waals surface area (Å²) in [6.45, 7) is 8.40. The Hall–Kier alpha value is -3.00. The van der Waals surface area contributed by atoms with Gasteiger partial charge in [0, 0.05) is 47.9 Å². The molecule has 0 saturated carbocycles. The van der Waals surface area contributed by atoms with Gasteiger partial charge in [0.1, 0.15) is 17.7 Å². The highest BCUT2D eigenvalue weighted by atomic mass is 79.9. The van der Waals surface area contributed by atoms with E-state index in [1.54, 1.807) is 12.3 Å². The van der Waals surface area contributed by atoms with Crippen molar-refractivity contribution < 1.29 is 13.5 Å². The van der Waals surface area contributed by atoms with E-state index in [0.29, 0.717) is 29.4 Å². The summed E-state index contributed by atoms with van der Waals surface area (Å²) in [7, 11) is 0. The van der Waals surface area contributed by atoms with Crippen molar-refractivity contribution in [3.8, 4) is 17.1 Å². The second kappa shape index (κ2) is 9.24. The molecule has 0 radical (unpaired) electrons. The zero-order valence-corrected chi connectivity index (χ0v) is 20.0. The monoisotopic (exact) mass is 498 g/mol. The highest BCUT2D eigenvalue weighted by molar-refractivity contribution is 9.10. The van der Waals surface area contributed by atoms with Gasteiger partial charge in [0.2, 0.25) is 0 Å². The molecule has 0 N–H and O–H groups in total. The van der Waals surface area contributed by atoms with Gasteiger partial charge in [-0.1, -0.05) is 0 Å². The van der Waals surface area contributed by atoms with E-state index in [2.05, 4.69) is 31.0 Å². The molecule has 32 heavy (non-hydrogen) atoms. The van der Waals surface area contributed by atoms with Crippen molar-refractivity contribution in [2.24, 2.45) is 0 Å². The average Bonchev–Trinajstić information content (AvgIpc) is 3.36. The molecule has 0 spiro atoms. The second-order valence-electron chi connectivity index (χ2n) is 7.62. The predicted octanol–water partition coefficient (Wildman–Crippen LogP) is 6.20. The summed E-state index contributed by atoms with van der Waals surface area (Å²) in [5.74, 6) is 1.45. The standard InChI is InChI=1S/C24H24BrFN4O2/c1-5-30-13-17(11-28-30)8-22-24(32-16(4)29-22)20-7-6-19(26)10-21(20)15(3)31-23-9-18(25)12-27-14(23)2/h6-7,9-13,15H,5,8H2,1-4H3. The third-order valence-electron chi connectivity index (χ3n) is 5.19. The summed E-state index contributed by atoms with van der Waals surface area (Å²) in [6.07, 6.45) is 5.65. The molecule has 0 saturated heterocycles. The van der Waals surface area contributed by atoms with Crippen LogP contribution >= 0.6 is 15.9 Å². The number of nitrogens with zero attached hydrogens (tertiary/aromatic N) is 4. The van der Waals surface area contributed by atoms with E-state index in [4.69, 9.17) is 9.15 Å². The van der Waals surface area contributed by atoms with Gasteiger partial charge in [-0.25, -0.2) is 9.37 Å². The molecule has 0 aliphatic carbocycles. The summed E-state index contributed by atoms with van der Waals surface area (Å²) in [6, 6.07) is 6.48. The molecule has 166 valence electrons. The minimum absolute atomic E-state index is 0.342. The maximum absolute atomic E-state index is 14.3. The normalized spacial score (nSPS) is 12.2. The molecule has 3 heterocycles. The Balaban J connectivity index is 1.71. The summed E-state index contributed by atoms with van der Waals surface area (Å²) in [4.78, 5) is 8.91. The van der Waals surface area contributed by atoms with Crippen molar-refractivity contribution in [2.75, 3.05) is 0 Å². The van der Waals surface area contributed by atoms with Crippen molar-refractivity contribution in [1.82, 2.24) is 19.7 Å². The van der Waals surface area contributed by atoms with Gasteiger partial charge < -0.3 is 9.15 Å². The Morgan fingerprint density at radius 3 is 2.78 bits per heavy atom. The van der Waals surface area contributed by atoms with E-state index in [9.17, 15) is 4.39 Å². The maximum atomic E-state index is 14.3. The van der Waals surface area contributed by atoms with Crippen molar-refractivity contribution in [1.29, 1.82) is 0 Å². The van der Waals surface area contributed by atoms with Crippen LogP contribution in [0.25, 0.3) is 11.3 Å². The fourth-order valence-electron chi connectivity index (χ4n) is 3.60. The average molecular weight is 499 g/mol. The fourth-order valence-corrected chi connectivity index (χ4v) is 3.91. The number of rotatable bonds is 7. The van der Waals surface area contributed by atoms with Crippen LogP contribution in [-0.4, -0.2) is 19.7 Å². The van der Waals surface area contributed by atoms with E-state index in [0.717, 1.165) is 33.5 Å². The van der Waals surface area contributed by atoms with Crippen LogP contribution < -0.4 is 4.74 Å². The fraction of sp³-hybridized carbons (Fsp3) is 0.292. The number of oxazole rings is 1. The third kappa shape index (κ3) is 4.75. The molecule has 0 fully saturated rings. The first kappa shape index (κ1) is 22.2. The van der Waals surface area contributed by atoms with E-state index in [1.807, 2.05) is 50.8 Å². The van der Waals surface area contributed by atoms with Crippen LogP contribution in [0.1, 0.15) is 48.4 Å². The van der Waals surface area contributed by atoms with Crippen molar-refractivity contribution in [3.63, 3.8) is 0 Å². The minimum atomic E-state index is -0.448. The molecule has 1 aromatic carbocycles. The lowest BCUT2D eigenvalue weighted by Crippen LogP contribution is -2.07. The van der Waals surface area contributed by atoms with Crippen LogP contribution in [0.3, 0.4) is 0 Å². The number of aromatic nitrogens is 4. The largest absolute Gasteiger partial charge is 0.484 e. The van der Waals surface area contributed by atoms with Gasteiger partial charge in [-0.05, 0) is 66.5 Å². The highest BCUT2D eigenvalue weighted by Crippen LogP contribution is 2.35. The lowest BCUT2D eigenvalue weighted by atomic mass is 9.98. The van der Waals surface area contributed by atoms with Gasteiger partial charge >= 0.3 is 0 Å². The summed E-state index contributed by atoms with van der Waals surface area (Å²) in [5, 5.41) is 4.34. The topological polar surface area (TPSA) is 66.0 Å². The van der Waals surface area contributed by atoms with E-state index in [-0.39, 0.29) is 5.82 Å². The Bertz CT molecular complexity index is 1250. The molecule has 0 aliphatic rings. The number of benzene rings is 1. The highest BCUT2D eigenvalue weighted by Gasteiger charge is 2.22. The Labute approximate surface area is 194 Å². The molecule has 1 atom stereocenters. The van der Waals surface area contributed by atoms with E-state index >= 15 is 0 Å². The van der Waals surface area contributed by atoms with Crippen LogP contribution in [0.15, 0.2) is 51.7 Å². The molecule has 4 rings (SSSR count). The van der Waals surface area contributed by atoms with Crippen LogP contribution in [0.4, 0.5) is 4.39 Å². The Morgan fingerprint density at radius 1 is 1.22 bits per heavy atom. The zero-order chi connectivity index (χ0) is 22.8. The number of halogens is 2. The minimum Gasteiger partial charge on any atom is -0.484 e. The maximum Gasteiger partial charge on any atom is 0.192 e. The first-order valence-electron chi connectivity index (χ1n) is 10.4. The zero-order valence-electron chi connectivity index (χ0n) is 18.4. The second-order valence-corrected chi connectivity index (χ2v) is 8.53. The SMILES string of the molecule is CCn1cc(Cc2nc(C)oc2-c2ccc(F)cc2C(C)Oc2cc(Br)cnc2C)cn1. The van der Waals surface area contributed by atoms with E-state index in [1.165, 1.54) is 12.1 Å². The number of pyridine rings is 1. The van der Waals surface area contributed by atoms with Crippen LogP contribution in [0.5, 0.6) is 5.75 Å². The van der Waals surface area contributed by atoms with Crippen LogP contribution in [0, 0.1) is 19.7 Å². The predicted molar refractivity (Wildman–Crippen MR) is 123 cm³/mol. The molecule has 8 heteroatoms. The van der Waals surface area contributed by atoms with Crippen LogP contribution in [-0.2, 0) is 13.0 Å².